The van der Waals surface area contributed by atoms with Gasteiger partial charge in [0.15, 0.2) is 28.1 Å². The van der Waals surface area contributed by atoms with Crippen molar-refractivity contribution >= 4 is 55.8 Å². The van der Waals surface area contributed by atoms with Crippen LogP contribution in [0, 0.1) is 6.92 Å². The molecule has 11 nitrogen and oxygen atoms in total. The monoisotopic (exact) mass is 616 g/mol. The molecule has 1 amide bonds. The van der Waals surface area contributed by atoms with Crippen LogP contribution in [0.4, 0.5) is 5.13 Å². The number of aromatic hydroxyl groups is 1. The van der Waals surface area contributed by atoms with Gasteiger partial charge in [0, 0.05) is 5.56 Å². The molecule has 1 fully saturated rings. The van der Waals surface area contributed by atoms with Gasteiger partial charge in [-0.15, -0.1) is 0 Å². The maximum atomic E-state index is 13.5. The summed E-state index contributed by atoms with van der Waals surface area (Å²) in [6.45, 7) is 2.27. The molecule has 2 aliphatic rings. The van der Waals surface area contributed by atoms with Crippen molar-refractivity contribution in [3.63, 3.8) is 0 Å². The Morgan fingerprint density at radius 2 is 1.87 bits per heavy atom. The first-order valence-electron chi connectivity index (χ1n) is 11.5. The molecular formula is C26H21BrN2O9S. The number of hydrogen-bond donors (Lipinski definition) is 2. The molecule has 2 aromatic carbocycles. The molecular weight excluding hydrogens is 596 g/mol. The van der Waals surface area contributed by atoms with Gasteiger partial charge in [-0.2, -0.15) is 0 Å². The topological polar surface area (TPSA) is 145 Å². The number of anilines is 1. The number of aliphatic hydroxyl groups is 1. The molecule has 0 aliphatic carbocycles. The Morgan fingerprint density at radius 3 is 2.56 bits per heavy atom. The molecule has 5 rings (SSSR count). The first-order valence-corrected chi connectivity index (χ1v) is 13.1. The molecule has 0 radical (unpaired) electrons. The number of ether oxygens (including phenoxy) is 4. The number of nitrogens with zero attached hydrogens (tertiary/aromatic N) is 2. The van der Waals surface area contributed by atoms with Crippen LogP contribution in [-0.2, 0) is 14.3 Å². The van der Waals surface area contributed by atoms with Crippen molar-refractivity contribution < 1.29 is 43.5 Å². The Bertz CT molecular complexity index is 1560. The second-order valence-corrected chi connectivity index (χ2v) is 10.3. The summed E-state index contributed by atoms with van der Waals surface area (Å²) in [5.74, 6) is -2.30. The second-order valence-electron chi connectivity index (χ2n) is 8.48. The van der Waals surface area contributed by atoms with E-state index in [4.69, 9.17) is 18.9 Å². The van der Waals surface area contributed by atoms with Crippen LogP contribution >= 0.6 is 27.3 Å². The van der Waals surface area contributed by atoms with E-state index < -0.39 is 29.5 Å². The van der Waals surface area contributed by atoms with Gasteiger partial charge in [0.2, 0.25) is 0 Å². The van der Waals surface area contributed by atoms with Crippen molar-refractivity contribution in [3.8, 4) is 23.0 Å². The molecule has 0 saturated carbocycles. The number of phenolic OH excluding ortho intramolecular Hbond substituents is 1. The van der Waals surface area contributed by atoms with Gasteiger partial charge in [0.05, 0.1) is 36.0 Å². The minimum atomic E-state index is -1.19. The fraction of sp³-hybridized carbons (Fsp3) is 0.231. The summed E-state index contributed by atoms with van der Waals surface area (Å²) in [6.07, 6.45) is 0. The number of aryl methyl sites for hydroxylation is 1. The largest absolute Gasteiger partial charge is 0.507 e. The van der Waals surface area contributed by atoms with E-state index in [2.05, 4.69) is 20.9 Å². The molecule has 2 aliphatic heterocycles. The van der Waals surface area contributed by atoms with Crippen LogP contribution in [0.15, 0.2) is 40.4 Å². The fourth-order valence-corrected chi connectivity index (χ4v) is 5.84. The Kier molecular flexibility index (Phi) is 6.95. The van der Waals surface area contributed by atoms with E-state index in [1.54, 1.807) is 19.1 Å². The second kappa shape index (κ2) is 10.2. The Labute approximate surface area is 234 Å². The lowest BCUT2D eigenvalue weighted by Gasteiger charge is -2.24. The molecule has 0 bridgehead atoms. The van der Waals surface area contributed by atoms with Crippen LogP contribution < -0.4 is 19.1 Å². The van der Waals surface area contributed by atoms with Gasteiger partial charge in [-0.3, -0.25) is 14.5 Å². The van der Waals surface area contributed by atoms with Crippen LogP contribution in [0.2, 0.25) is 0 Å². The van der Waals surface area contributed by atoms with Crippen LogP contribution in [-0.4, -0.2) is 60.3 Å². The predicted octanol–water partition coefficient (Wildman–Crippen LogP) is 4.11. The van der Waals surface area contributed by atoms with Crippen LogP contribution in [0.1, 0.15) is 32.5 Å². The number of Topliss-reactive ketones (excluding diaryl/α,β-unsaturated/α-hetero) is 1. The van der Waals surface area contributed by atoms with Crippen molar-refractivity contribution in [2.24, 2.45) is 0 Å². The van der Waals surface area contributed by atoms with E-state index in [9.17, 15) is 24.6 Å². The first-order chi connectivity index (χ1) is 18.7. The van der Waals surface area contributed by atoms with Crippen molar-refractivity contribution in [3.05, 3.63) is 62.1 Å². The highest BCUT2D eigenvalue weighted by molar-refractivity contribution is 9.10. The number of aliphatic hydroxyl groups excluding tert-OH is 1. The number of esters is 1. The highest BCUT2D eigenvalue weighted by Gasteiger charge is 2.49. The summed E-state index contributed by atoms with van der Waals surface area (Å²) in [5.41, 5.74) is 0.613. The van der Waals surface area contributed by atoms with E-state index in [1.807, 2.05) is 0 Å². The summed E-state index contributed by atoms with van der Waals surface area (Å²) in [7, 11) is 2.57. The Balaban J connectivity index is 1.74. The summed E-state index contributed by atoms with van der Waals surface area (Å²) in [5, 5.41) is 21.9. The summed E-state index contributed by atoms with van der Waals surface area (Å²) in [6, 6.07) is 6.42. The molecule has 1 unspecified atom stereocenters. The number of ketones is 1. The molecule has 13 heteroatoms. The molecule has 3 aromatic rings. The lowest BCUT2D eigenvalue weighted by Crippen LogP contribution is -2.29. The van der Waals surface area contributed by atoms with Gasteiger partial charge in [0.1, 0.15) is 23.9 Å². The third-order valence-electron chi connectivity index (χ3n) is 6.21. The fourth-order valence-electron chi connectivity index (χ4n) is 4.37. The molecule has 1 atom stereocenters. The van der Waals surface area contributed by atoms with Crippen LogP contribution in [0.3, 0.4) is 0 Å². The number of carbonyl (C=O) groups excluding carboxylic acids is 3. The predicted molar refractivity (Wildman–Crippen MR) is 143 cm³/mol. The lowest BCUT2D eigenvalue weighted by molar-refractivity contribution is -0.132. The van der Waals surface area contributed by atoms with Crippen LogP contribution in [0.25, 0.3) is 5.76 Å². The Hall–Kier alpha value is -4.10. The minimum absolute atomic E-state index is 0.0457. The number of amides is 1. The first kappa shape index (κ1) is 26.5. The third kappa shape index (κ3) is 4.46. The van der Waals surface area contributed by atoms with Gasteiger partial charge in [0.25, 0.3) is 5.78 Å². The lowest BCUT2D eigenvalue weighted by atomic mass is 9.95. The van der Waals surface area contributed by atoms with Gasteiger partial charge < -0.3 is 29.2 Å². The number of benzene rings is 2. The summed E-state index contributed by atoms with van der Waals surface area (Å²) < 4.78 is 21.5. The van der Waals surface area contributed by atoms with Crippen molar-refractivity contribution in [1.82, 2.24) is 4.98 Å². The number of phenols is 1. The van der Waals surface area contributed by atoms with Crippen LogP contribution in [0.5, 0.6) is 23.0 Å². The molecule has 1 saturated heterocycles. The standard InChI is InChI=1S/C26H21BrN2O9S/c1-11-23(25(34)36-3)39-26(28-11)29-19(13-8-14(27)21(31)17(10-13)35-2)18(22(32)24(29)33)20(30)12-4-5-15-16(9-12)38-7-6-37-15/h4-5,8-10,19,30-31H,6-7H2,1-3H3/b20-18+. The highest BCUT2D eigenvalue weighted by atomic mass is 79.9. The smallest absolute Gasteiger partial charge is 0.350 e. The van der Waals surface area contributed by atoms with E-state index in [0.717, 1.165) is 16.2 Å². The van der Waals surface area contributed by atoms with Gasteiger partial charge in [-0.1, -0.05) is 11.3 Å². The van der Waals surface area contributed by atoms with Gasteiger partial charge >= 0.3 is 11.9 Å². The van der Waals surface area contributed by atoms with E-state index >= 15 is 0 Å². The minimum Gasteiger partial charge on any atom is -0.507 e. The number of rotatable bonds is 5. The third-order valence-corrected chi connectivity index (χ3v) is 7.95. The zero-order chi connectivity index (χ0) is 28.0. The summed E-state index contributed by atoms with van der Waals surface area (Å²) >= 11 is 4.15. The number of carbonyl (C=O) groups is 3. The maximum absolute atomic E-state index is 13.5. The van der Waals surface area contributed by atoms with E-state index in [0.29, 0.717) is 36.0 Å². The zero-order valence-electron chi connectivity index (χ0n) is 20.8. The van der Waals surface area contributed by atoms with Crippen molar-refractivity contribution in [1.29, 1.82) is 0 Å². The quantitative estimate of drug-likeness (QED) is 0.186. The number of thiazole rings is 1. The number of fused-ring (bicyclic) bond motifs is 1. The molecule has 3 heterocycles. The molecule has 1 aromatic heterocycles. The number of methoxy groups -OCH3 is 2. The summed E-state index contributed by atoms with van der Waals surface area (Å²) in [4.78, 5) is 44.9. The van der Waals surface area contributed by atoms with Gasteiger partial charge in [-0.05, 0) is 58.7 Å². The normalized spacial score (nSPS) is 17.8. The number of aromatic nitrogens is 1. The van der Waals surface area contributed by atoms with E-state index in [1.165, 1.54) is 32.4 Å². The van der Waals surface area contributed by atoms with Gasteiger partial charge in [-0.25, -0.2) is 9.78 Å². The van der Waals surface area contributed by atoms with Crippen molar-refractivity contribution in [2.45, 2.75) is 13.0 Å². The molecule has 39 heavy (non-hydrogen) atoms. The molecule has 202 valence electrons. The maximum Gasteiger partial charge on any atom is 0.350 e. The van der Waals surface area contributed by atoms with Crippen molar-refractivity contribution in [2.75, 3.05) is 32.3 Å². The van der Waals surface area contributed by atoms with E-state index in [-0.39, 0.29) is 37.1 Å². The molecule has 0 spiro atoms. The average molecular weight is 617 g/mol. The number of halogens is 1. The molecule has 2 N–H and O–H groups in total. The number of hydrogen-bond acceptors (Lipinski definition) is 11. The Morgan fingerprint density at radius 1 is 1.15 bits per heavy atom. The highest BCUT2D eigenvalue weighted by Crippen LogP contribution is 2.47. The average Bonchev–Trinajstić information content (AvgIpc) is 3.45. The SMILES string of the molecule is COC(=O)c1sc(N2C(=O)C(=O)/C(=C(/O)c3ccc4c(c3)OCCO4)C2c2cc(Br)c(O)c(OC)c2)nc1C. The zero-order valence-corrected chi connectivity index (χ0v) is 23.2.